The van der Waals surface area contributed by atoms with Crippen LogP contribution in [-0.4, -0.2) is 58.8 Å². The molecule has 0 aliphatic heterocycles. The van der Waals surface area contributed by atoms with Crippen LogP contribution in [0.4, 0.5) is 21.0 Å². The van der Waals surface area contributed by atoms with Crippen LogP contribution in [0.25, 0.3) is 0 Å². The number of nitrogens with two attached hydrogens (primary N) is 1. The summed E-state index contributed by atoms with van der Waals surface area (Å²) in [5.74, 6) is 0.404. The highest BCUT2D eigenvalue weighted by Crippen LogP contribution is 2.26. The molecule has 0 saturated carbocycles. The van der Waals surface area contributed by atoms with Gasteiger partial charge in [0.1, 0.15) is 23.6 Å². The number of nitrogen functional groups attached to an aromatic ring is 1. The molecule has 5 N–H and O–H groups in total. The zero-order valence-corrected chi connectivity index (χ0v) is 24.3. The number of amides is 2. The van der Waals surface area contributed by atoms with E-state index in [1.165, 1.54) is 4.90 Å². The number of hydrogen-bond donors (Lipinski definition) is 4. The lowest BCUT2D eigenvalue weighted by atomic mass is 10.1. The average Bonchev–Trinajstić information content (AvgIpc) is 2.77. The average molecular weight is 563 g/mol. The monoisotopic (exact) mass is 562 g/mol. The van der Waals surface area contributed by atoms with Crippen molar-refractivity contribution in [2.75, 3.05) is 30.7 Å². The second-order valence-electron chi connectivity index (χ2n) is 11.0. The van der Waals surface area contributed by atoms with Gasteiger partial charge in [0.25, 0.3) is 0 Å². The van der Waals surface area contributed by atoms with Gasteiger partial charge in [0.05, 0.1) is 35.6 Å². The van der Waals surface area contributed by atoms with Crippen LogP contribution in [0.5, 0.6) is 5.75 Å². The van der Waals surface area contributed by atoms with Crippen molar-refractivity contribution >= 4 is 40.9 Å². The molecule has 2 rings (SSSR count). The van der Waals surface area contributed by atoms with Gasteiger partial charge < -0.3 is 35.4 Å². The largest absolute Gasteiger partial charge is 0.492 e. The van der Waals surface area contributed by atoms with E-state index in [-0.39, 0.29) is 25.4 Å². The fourth-order valence-corrected chi connectivity index (χ4v) is 3.52. The second kappa shape index (κ2) is 13.0. The van der Waals surface area contributed by atoms with Crippen LogP contribution in [0, 0.1) is 5.41 Å². The van der Waals surface area contributed by atoms with E-state index >= 15 is 0 Å². The maximum Gasteiger partial charge on any atom is 0.412 e. The van der Waals surface area contributed by atoms with Crippen molar-refractivity contribution in [1.82, 2.24) is 4.90 Å². The Hall–Kier alpha value is -3.50. The van der Waals surface area contributed by atoms with E-state index in [4.69, 9.17) is 37.0 Å². The van der Waals surface area contributed by atoms with Crippen molar-refractivity contribution in [2.24, 2.45) is 0 Å². The maximum atomic E-state index is 12.9. The summed E-state index contributed by atoms with van der Waals surface area (Å²) in [4.78, 5) is 26.6. The van der Waals surface area contributed by atoms with Crippen LogP contribution in [0.1, 0.15) is 65.7 Å². The van der Waals surface area contributed by atoms with Crippen molar-refractivity contribution in [3.8, 4) is 5.75 Å². The lowest BCUT2D eigenvalue weighted by Crippen LogP contribution is -2.41. The molecule has 2 amide bonds. The number of ether oxygens (including phenoxy) is 3. The topological polar surface area (TPSA) is 147 Å². The van der Waals surface area contributed by atoms with Crippen LogP contribution in [0.3, 0.4) is 0 Å². The number of aliphatic hydroxyl groups is 1. The van der Waals surface area contributed by atoms with Crippen LogP contribution in [0.2, 0.25) is 5.02 Å². The molecule has 39 heavy (non-hydrogen) atoms. The summed E-state index contributed by atoms with van der Waals surface area (Å²) in [6.07, 6.45) is -2.32. The van der Waals surface area contributed by atoms with E-state index in [0.29, 0.717) is 33.3 Å². The first-order valence-electron chi connectivity index (χ1n) is 12.5. The highest BCUT2D eigenvalue weighted by Gasteiger charge is 2.25. The van der Waals surface area contributed by atoms with E-state index in [2.05, 4.69) is 5.32 Å². The smallest absolute Gasteiger partial charge is 0.412 e. The molecule has 0 bridgehead atoms. The Kier molecular flexibility index (Phi) is 10.6. The molecule has 214 valence electrons. The van der Waals surface area contributed by atoms with E-state index in [1.54, 1.807) is 84.9 Å². The number of carbonyl (C=O) groups excluding carboxylic acids is 2. The molecule has 0 aliphatic carbocycles. The molecule has 2 aromatic carbocycles. The first kappa shape index (κ1) is 31.7. The predicted molar refractivity (Wildman–Crippen MR) is 153 cm³/mol. The summed E-state index contributed by atoms with van der Waals surface area (Å²) in [7, 11) is 0. The second-order valence-corrected chi connectivity index (χ2v) is 11.4. The van der Waals surface area contributed by atoms with E-state index in [0.717, 1.165) is 0 Å². The summed E-state index contributed by atoms with van der Waals surface area (Å²) in [6, 6.07) is 9.68. The fraction of sp³-hybridized carbons (Fsp3) is 0.464. The molecule has 0 fully saturated rings. The molecule has 2 aromatic rings. The zero-order chi connectivity index (χ0) is 29.5. The lowest BCUT2D eigenvalue weighted by Gasteiger charge is -2.29. The van der Waals surface area contributed by atoms with Crippen molar-refractivity contribution in [2.45, 2.75) is 65.8 Å². The molecule has 0 aliphatic rings. The van der Waals surface area contributed by atoms with Gasteiger partial charge in [-0.2, -0.15) is 0 Å². The van der Waals surface area contributed by atoms with Gasteiger partial charge in [-0.05, 0) is 78.3 Å². The van der Waals surface area contributed by atoms with Gasteiger partial charge in [-0.15, -0.1) is 0 Å². The van der Waals surface area contributed by atoms with Gasteiger partial charge in [0.15, 0.2) is 0 Å². The summed E-state index contributed by atoms with van der Waals surface area (Å²) in [5, 5.41) is 21.8. The number of hydrogen-bond acceptors (Lipinski definition) is 8. The van der Waals surface area contributed by atoms with E-state index in [9.17, 15) is 14.7 Å². The number of halogens is 1. The number of nitrogens with one attached hydrogen (secondary N) is 2. The Balaban J connectivity index is 2.16. The third-order valence-corrected chi connectivity index (χ3v) is 5.45. The Morgan fingerprint density at radius 3 is 2.28 bits per heavy atom. The van der Waals surface area contributed by atoms with E-state index in [1.807, 2.05) is 0 Å². The highest BCUT2D eigenvalue weighted by atomic mass is 35.5. The number of aliphatic hydroxyl groups excluding tert-OH is 1. The Bertz CT molecular complexity index is 1190. The molecule has 0 heterocycles. The van der Waals surface area contributed by atoms with Gasteiger partial charge in [0, 0.05) is 17.3 Å². The summed E-state index contributed by atoms with van der Waals surface area (Å²) >= 11 is 5.99. The van der Waals surface area contributed by atoms with Crippen LogP contribution >= 0.6 is 11.6 Å². The Labute approximate surface area is 234 Å². The summed E-state index contributed by atoms with van der Waals surface area (Å²) in [5.41, 5.74) is 6.37. The number of anilines is 2. The molecule has 10 nitrogen and oxygen atoms in total. The van der Waals surface area contributed by atoms with Crippen LogP contribution in [-0.2, 0) is 9.47 Å². The summed E-state index contributed by atoms with van der Waals surface area (Å²) in [6.45, 7) is 12.2. The number of carbonyl (C=O) groups is 2. The van der Waals surface area contributed by atoms with Crippen molar-refractivity contribution in [1.29, 1.82) is 5.41 Å². The minimum atomic E-state index is -1.04. The quantitative estimate of drug-likeness (QED) is 0.216. The summed E-state index contributed by atoms with van der Waals surface area (Å²) < 4.78 is 16.7. The van der Waals surface area contributed by atoms with Crippen molar-refractivity contribution in [3.05, 3.63) is 52.5 Å². The first-order chi connectivity index (χ1) is 17.9. The Morgan fingerprint density at radius 2 is 1.72 bits per heavy atom. The van der Waals surface area contributed by atoms with E-state index < -0.39 is 29.5 Å². The minimum Gasteiger partial charge on any atom is -0.492 e. The molecule has 0 aromatic heterocycles. The first-order valence-corrected chi connectivity index (χ1v) is 12.9. The third kappa shape index (κ3) is 10.6. The maximum absolute atomic E-state index is 12.9. The van der Waals surface area contributed by atoms with Gasteiger partial charge in [0.2, 0.25) is 0 Å². The zero-order valence-electron chi connectivity index (χ0n) is 23.6. The number of benzene rings is 2. The van der Waals surface area contributed by atoms with Gasteiger partial charge >= 0.3 is 12.2 Å². The fourth-order valence-electron chi connectivity index (χ4n) is 3.40. The molecule has 0 unspecified atom stereocenters. The van der Waals surface area contributed by atoms with Gasteiger partial charge in [-0.1, -0.05) is 17.7 Å². The van der Waals surface area contributed by atoms with Crippen molar-refractivity contribution < 1.29 is 28.9 Å². The van der Waals surface area contributed by atoms with Gasteiger partial charge in [-0.3, -0.25) is 5.32 Å². The number of rotatable bonds is 9. The SMILES string of the molecule is CC(=N)c1ccc(OCCN(C[C@H](O)c2ccc(Cl)c(N)c2)C(=O)OC(C)(C)C)cc1NC(=O)OC(C)(C)C. The molecular formula is C28H39ClN4O6. The lowest BCUT2D eigenvalue weighted by molar-refractivity contribution is 0.0117. The Morgan fingerprint density at radius 1 is 1.08 bits per heavy atom. The molecule has 0 spiro atoms. The van der Waals surface area contributed by atoms with Crippen LogP contribution in [0.15, 0.2) is 36.4 Å². The molecule has 0 saturated heterocycles. The number of nitrogens with zero attached hydrogens (tertiary/aromatic N) is 1. The standard InChI is InChI=1S/C28H39ClN4O6/c1-17(30)20-10-9-19(15-23(20)32-25(35)38-27(2,3)4)37-13-12-33(26(36)39-28(5,6)7)16-24(34)18-8-11-21(29)22(31)14-18/h8-11,14-15,24,30,34H,12-13,16,31H2,1-7H3,(H,32,35)/t24-/m0/s1. The molecule has 1 atom stereocenters. The molecule has 11 heteroatoms. The predicted octanol–water partition coefficient (Wildman–Crippen LogP) is 6.01. The molecular weight excluding hydrogens is 524 g/mol. The van der Waals surface area contributed by atoms with Gasteiger partial charge in [-0.25, -0.2) is 9.59 Å². The highest BCUT2D eigenvalue weighted by molar-refractivity contribution is 6.33. The molecule has 0 radical (unpaired) electrons. The normalized spacial score (nSPS) is 12.3. The minimum absolute atomic E-state index is 0.0590. The van der Waals surface area contributed by atoms with Crippen molar-refractivity contribution in [3.63, 3.8) is 0 Å². The van der Waals surface area contributed by atoms with Crippen LogP contribution < -0.4 is 15.8 Å². The third-order valence-electron chi connectivity index (χ3n) is 5.11.